The molecule has 0 N–H and O–H groups in total. The minimum Gasteiger partial charge on any atom is -0.289 e. The summed E-state index contributed by atoms with van der Waals surface area (Å²) in [6, 6.07) is 11.5. The minimum atomic E-state index is 0.0227. The highest BCUT2D eigenvalue weighted by Gasteiger charge is 2.00. The number of aryl methyl sites for hydroxylation is 1. The number of allylic oxidation sites excluding steroid dienone is 1. The van der Waals surface area contributed by atoms with Crippen molar-refractivity contribution >= 4 is 11.9 Å². The van der Waals surface area contributed by atoms with Gasteiger partial charge in [0, 0.05) is 18.0 Å². The van der Waals surface area contributed by atoms with Crippen LogP contribution in [0.1, 0.15) is 28.4 Å². The zero-order chi connectivity index (χ0) is 12.8. The third kappa shape index (κ3) is 3.14. The van der Waals surface area contributed by atoms with Crippen LogP contribution in [0.2, 0.25) is 0 Å². The van der Waals surface area contributed by atoms with Crippen LogP contribution in [0.5, 0.6) is 0 Å². The molecule has 0 saturated heterocycles. The molecule has 0 atom stereocenters. The Morgan fingerprint density at radius 3 is 2.39 bits per heavy atom. The van der Waals surface area contributed by atoms with Crippen molar-refractivity contribution in [1.82, 2.24) is 4.98 Å². The van der Waals surface area contributed by atoms with Crippen LogP contribution in [0.25, 0.3) is 6.08 Å². The first-order valence-corrected chi connectivity index (χ1v) is 6.01. The van der Waals surface area contributed by atoms with Gasteiger partial charge in [0.2, 0.25) is 0 Å². The van der Waals surface area contributed by atoms with Crippen molar-refractivity contribution in [2.24, 2.45) is 0 Å². The normalized spacial score (nSPS) is 10.7. The third-order valence-electron chi connectivity index (χ3n) is 2.78. The first-order chi connectivity index (χ1) is 8.79. The Bertz CT molecular complexity index is 541. The number of benzene rings is 1. The Morgan fingerprint density at radius 1 is 1.11 bits per heavy atom. The second-order valence-corrected chi connectivity index (χ2v) is 4.03. The van der Waals surface area contributed by atoms with Crippen LogP contribution in [-0.2, 0) is 6.42 Å². The fourth-order valence-electron chi connectivity index (χ4n) is 1.65. The molecule has 90 valence electrons. The molecular formula is C16H15NO. The van der Waals surface area contributed by atoms with Gasteiger partial charge in [-0.2, -0.15) is 0 Å². The summed E-state index contributed by atoms with van der Waals surface area (Å²) < 4.78 is 0. The lowest BCUT2D eigenvalue weighted by molar-refractivity contribution is 0.104. The van der Waals surface area contributed by atoms with Crippen LogP contribution < -0.4 is 0 Å². The largest absolute Gasteiger partial charge is 0.289 e. The molecule has 0 fully saturated rings. The first kappa shape index (κ1) is 12.2. The summed E-state index contributed by atoms with van der Waals surface area (Å²) in [5, 5.41) is 0. The molecule has 0 amide bonds. The quantitative estimate of drug-likeness (QED) is 0.601. The van der Waals surface area contributed by atoms with Crippen LogP contribution in [0, 0.1) is 0 Å². The highest BCUT2D eigenvalue weighted by atomic mass is 16.1. The van der Waals surface area contributed by atoms with Gasteiger partial charge in [-0.05, 0) is 35.8 Å². The summed E-state index contributed by atoms with van der Waals surface area (Å²) in [5.41, 5.74) is 2.94. The highest BCUT2D eigenvalue weighted by molar-refractivity contribution is 6.06. The molecule has 0 unspecified atom stereocenters. The average Bonchev–Trinajstić information content (AvgIpc) is 2.46. The minimum absolute atomic E-state index is 0.0227. The summed E-state index contributed by atoms with van der Waals surface area (Å²) in [6.45, 7) is 2.10. The molecule has 1 aromatic carbocycles. The zero-order valence-corrected chi connectivity index (χ0v) is 10.3. The molecule has 18 heavy (non-hydrogen) atoms. The Morgan fingerprint density at radius 2 is 1.78 bits per heavy atom. The van der Waals surface area contributed by atoms with Crippen LogP contribution in [0.4, 0.5) is 0 Å². The topological polar surface area (TPSA) is 30.0 Å². The summed E-state index contributed by atoms with van der Waals surface area (Å²) >= 11 is 0. The molecule has 0 saturated carbocycles. The standard InChI is InChI=1S/C16H15NO/c1-2-13-3-6-15(7-4-13)16(18)8-5-14-9-11-17-12-10-14/h3-12H,2H2,1H3/b8-5+. The van der Waals surface area contributed by atoms with E-state index in [1.807, 2.05) is 36.4 Å². The molecule has 0 spiro atoms. The molecular weight excluding hydrogens is 222 g/mol. The zero-order valence-electron chi connectivity index (χ0n) is 10.3. The molecule has 0 bridgehead atoms. The molecule has 0 radical (unpaired) electrons. The van der Waals surface area contributed by atoms with Gasteiger partial charge < -0.3 is 0 Å². The van der Waals surface area contributed by atoms with Gasteiger partial charge >= 0.3 is 0 Å². The summed E-state index contributed by atoms with van der Waals surface area (Å²) in [4.78, 5) is 15.8. The summed E-state index contributed by atoms with van der Waals surface area (Å²) in [6.07, 6.45) is 7.80. The van der Waals surface area contributed by atoms with Gasteiger partial charge in [-0.3, -0.25) is 9.78 Å². The first-order valence-electron chi connectivity index (χ1n) is 6.01. The van der Waals surface area contributed by atoms with Gasteiger partial charge in [-0.15, -0.1) is 0 Å². The number of carbonyl (C=O) groups is 1. The maximum absolute atomic E-state index is 11.9. The van der Waals surface area contributed by atoms with Crippen LogP contribution in [-0.4, -0.2) is 10.8 Å². The second kappa shape index (κ2) is 5.92. The predicted molar refractivity (Wildman–Crippen MR) is 73.4 cm³/mol. The molecule has 1 heterocycles. The van der Waals surface area contributed by atoms with Crippen LogP contribution >= 0.6 is 0 Å². The van der Waals surface area contributed by atoms with Crippen molar-refractivity contribution in [3.8, 4) is 0 Å². The lowest BCUT2D eigenvalue weighted by Crippen LogP contribution is -1.94. The molecule has 0 aliphatic carbocycles. The highest BCUT2D eigenvalue weighted by Crippen LogP contribution is 2.08. The number of nitrogens with zero attached hydrogens (tertiary/aromatic N) is 1. The van der Waals surface area contributed by atoms with Crippen LogP contribution in [0.15, 0.2) is 54.9 Å². The van der Waals surface area contributed by atoms with E-state index in [-0.39, 0.29) is 5.78 Å². The molecule has 2 rings (SSSR count). The van der Waals surface area contributed by atoms with Gasteiger partial charge in [-0.25, -0.2) is 0 Å². The number of carbonyl (C=O) groups excluding carboxylic acids is 1. The van der Waals surface area contributed by atoms with E-state index in [1.165, 1.54) is 5.56 Å². The Kier molecular flexibility index (Phi) is 4.02. The van der Waals surface area contributed by atoms with Gasteiger partial charge in [-0.1, -0.05) is 37.3 Å². The fourth-order valence-corrected chi connectivity index (χ4v) is 1.65. The van der Waals surface area contributed by atoms with Gasteiger partial charge in [0.25, 0.3) is 0 Å². The molecule has 0 aliphatic heterocycles. The molecule has 2 aromatic rings. The number of rotatable bonds is 4. The van der Waals surface area contributed by atoms with Crippen molar-refractivity contribution in [3.05, 3.63) is 71.6 Å². The number of aromatic nitrogens is 1. The Hall–Kier alpha value is -2.22. The van der Waals surface area contributed by atoms with Crippen molar-refractivity contribution in [1.29, 1.82) is 0 Å². The fraction of sp³-hybridized carbons (Fsp3) is 0.125. The Balaban J connectivity index is 2.09. The molecule has 1 aromatic heterocycles. The van der Waals surface area contributed by atoms with E-state index in [0.29, 0.717) is 0 Å². The smallest absolute Gasteiger partial charge is 0.185 e. The van der Waals surface area contributed by atoms with Crippen molar-refractivity contribution in [3.63, 3.8) is 0 Å². The number of hydrogen-bond acceptors (Lipinski definition) is 2. The van der Waals surface area contributed by atoms with Gasteiger partial charge in [0.15, 0.2) is 5.78 Å². The van der Waals surface area contributed by atoms with E-state index in [4.69, 9.17) is 0 Å². The van der Waals surface area contributed by atoms with Crippen molar-refractivity contribution < 1.29 is 4.79 Å². The van der Waals surface area contributed by atoms with E-state index in [2.05, 4.69) is 11.9 Å². The van der Waals surface area contributed by atoms with E-state index in [0.717, 1.165) is 17.5 Å². The Labute approximate surface area is 107 Å². The van der Waals surface area contributed by atoms with Crippen molar-refractivity contribution in [2.45, 2.75) is 13.3 Å². The third-order valence-corrected chi connectivity index (χ3v) is 2.78. The molecule has 2 nitrogen and oxygen atoms in total. The maximum Gasteiger partial charge on any atom is 0.185 e. The average molecular weight is 237 g/mol. The predicted octanol–water partition coefficient (Wildman–Crippen LogP) is 3.54. The summed E-state index contributed by atoms with van der Waals surface area (Å²) in [7, 11) is 0. The van der Waals surface area contributed by atoms with Gasteiger partial charge in [0.1, 0.15) is 0 Å². The van der Waals surface area contributed by atoms with E-state index in [9.17, 15) is 4.79 Å². The lowest BCUT2D eigenvalue weighted by atomic mass is 10.1. The lowest BCUT2D eigenvalue weighted by Gasteiger charge is -1.98. The molecule has 2 heteroatoms. The van der Waals surface area contributed by atoms with Gasteiger partial charge in [0.05, 0.1) is 0 Å². The number of pyridine rings is 1. The monoisotopic (exact) mass is 237 g/mol. The van der Waals surface area contributed by atoms with E-state index < -0.39 is 0 Å². The van der Waals surface area contributed by atoms with E-state index in [1.54, 1.807) is 24.5 Å². The number of hydrogen-bond donors (Lipinski definition) is 0. The second-order valence-electron chi connectivity index (χ2n) is 4.03. The summed E-state index contributed by atoms with van der Waals surface area (Å²) in [5.74, 6) is 0.0227. The maximum atomic E-state index is 11.9. The van der Waals surface area contributed by atoms with Crippen molar-refractivity contribution in [2.75, 3.05) is 0 Å². The van der Waals surface area contributed by atoms with E-state index >= 15 is 0 Å². The van der Waals surface area contributed by atoms with Crippen LogP contribution in [0.3, 0.4) is 0 Å². The SMILES string of the molecule is CCc1ccc(C(=O)/C=C/c2ccncc2)cc1. The number of ketones is 1. The molecule has 0 aliphatic rings.